The molecule has 0 aliphatic carbocycles. The molecule has 0 aromatic carbocycles. The second kappa shape index (κ2) is 4.03. The topological polar surface area (TPSA) is 16.1 Å². The second-order valence-electron chi connectivity index (χ2n) is 3.31. The zero-order valence-electron chi connectivity index (χ0n) is 7.70. The maximum absolute atomic E-state index is 4.38. The van der Waals surface area contributed by atoms with Crippen molar-refractivity contribution >= 4 is 11.3 Å². The Morgan fingerprint density at radius 1 is 1.54 bits per heavy atom. The van der Waals surface area contributed by atoms with Gasteiger partial charge in [-0.25, -0.2) is 4.98 Å². The molecule has 0 bridgehead atoms. The third-order valence-corrected chi connectivity index (χ3v) is 3.37. The molecule has 0 atom stereocenters. The summed E-state index contributed by atoms with van der Waals surface area (Å²) in [6.45, 7) is 7.06. The smallest absolute Gasteiger partial charge is 0.0797 e. The van der Waals surface area contributed by atoms with Gasteiger partial charge < -0.3 is 0 Å². The van der Waals surface area contributed by atoms with E-state index in [9.17, 15) is 0 Å². The molecule has 0 saturated carbocycles. The predicted octanol–water partition coefficient (Wildman–Crippen LogP) is 1.73. The third kappa shape index (κ3) is 1.98. The average Bonchev–Trinajstić information content (AvgIpc) is 2.50. The summed E-state index contributed by atoms with van der Waals surface area (Å²) in [6, 6.07) is 0. The largest absolute Gasteiger partial charge is 0.299 e. The van der Waals surface area contributed by atoms with Crippen molar-refractivity contribution < 1.29 is 0 Å². The van der Waals surface area contributed by atoms with Crippen molar-refractivity contribution in [3.05, 3.63) is 28.7 Å². The lowest BCUT2D eigenvalue weighted by Gasteiger charge is -2.16. The van der Waals surface area contributed by atoms with Gasteiger partial charge in [-0.2, -0.15) is 0 Å². The second-order valence-corrected chi connectivity index (χ2v) is 4.25. The molecule has 70 valence electrons. The minimum atomic E-state index is 1.01. The molecule has 0 radical (unpaired) electrons. The summed E-state index contributed by atoms with van der Waals surface area (Å²) in [5.41, 5.74) is 3.28. The Morgan fingerprint density at radius 2 is 2.38 bits per heavy atom. The quantitative estimate of drug-likeness (QED) is 0.667. The lowest BCUT2D eigenvalue weighted by molar-refractivity contribution is 0.318. The molecule has 2 nitrogen and oxygen atoms in total. The van der Waals surface area contributed by atoms with Gasteiger partial charge in [0.2, 0.25) is 0 Å². The molecule has 0 amide bonds. The fourth-order valence-corrected chi connectivity index (χ4v) is 2.51. The molecule has 0 unspecified atom stereocenters. The maximum atomic E-state index is 4.38. The molecule has 1 aromatic rings. The molecule has 2 rings (SSSR count). The highest BCUT2D eigenvalue weighted by Crippen LogP contribution is 2.18. The van der Waals surface area contributed by atoms with Crippen LogP contribution >= 0.6 is 11.3 Å². The fraction of sp³-hybridized carbons (Fsp3) is 0.500. The molecular formula is C10H14N2S. The van der Waals surface area contributed by atoms with Crippen LogP contribution in [0.1, 0.15) is 10.6 Å². The van der Waals surface area contributed by atoms with Crippen LogP contribution in [0.4, 0.5) is 0 Å². The van der Waals surface area contributed by atoms with Crippen LogP contribution in [0.5, 0.6) is 0 Å². The number of nitrogens with zero attached hydrogens (tertiary/aromatic N) is 2. The SMILES string of the molecule is C=CCN1CCc2ncsc2CC1. The highest BCUT2D eigenvalue weighted by atomic mass is 32.1. The van der Waals surface area contributed by atoms with Gasteiger partial charge in [-0.1, -0.05) is 6.08 Å². The van der Waals surface area contributed by atoms with Crippen molar-refractivity contribution in [1.82, 2.24) is 9.88 Å². The first-order valence-corrected chi connectivity index (χ1v) is 5.52. The molecule has 1 aliphatic heterocycles. The standard InChI is InChI=1S/C10H14N2S/c1-2-5-12-6-3-9-10(4-7-12)13-8-11-9/h2,8H,1,3-7H2. The Morgan fingerprint density at radius 3 is 3.23 bits per heavy atom. The van der Waals surface area contributed by atoms with Crippen LogP contribution in [0.2, 0.25) is 0 Å². The van der Waals surface area contributed by atoms with E-state index in [4.69, 9.17) is 0 Å². The van der Waals surface area contributed by atoms with Crippen molar-refractivity contribution in [2.24, 2.45) is 0 Å². The number of aromatic nitrogens is 1. The molecule has 2 heterocycles. The monoisotopic (exact) mass is 194 g/mol. The van der Waals surface area contributed by atoms with E-state index in [1.807, 2.05) is 11.6 Å². The van der Waals surface area contributed by atoms with E-state index in [-0.39, 0.29) is 0 Å². The van der Waals surface area contributed by atoms with E-state index in [2.05, 4.69) is 16.5 Å². The van der Waals surface area contributed by atoms with E-state index in [1.54, 1.807) is 11.3 Å². The molecule has 3 heteroatoms. The van der Waals surface area contributed by atoms with Gasteiger partial charge in [0, 0.05) is 30.9 Å². The van der Waals surface area contributed by atoms with Crippen molar-refractivity contribution in [2.75, 3.05) is 19.6 Å². The number of fused-ring (bicyclic) bond motifs is 1. The Balaban J connectivity index is 2.03. The summed E-state index contributed by atoms with van der Waals surface area (Å²) in [4.78, 5) is 8.29. The van der Waals surface area contributed by atoms with Crippen molar-refractivity contribution in [1.29, 1.82) is 0 Å². The highest BCUT2D eigenvalue weighted by Gasteiger charge is 2.14. The molecule has 0 saturated heterocycles. The summed E-state index contributed by atoms with van der Waals surface area (Å²) in [5, 5.41) is 0. The van der Waals surface area contributed by atoms with Crippen LogP contribution in [0, 0.1) is 0 Å². The van der Waals surface area contributed by atoms with Crippen LogP contribution < -0.4 is 0 Å². The van der Waals surface area contributed by atoms with Gasteiger partial charge in [0.25, 0.3) is 0 Å². The van der Waals surface area contributed by atoms with Gasteiger partial charge in [0.1, 0.15) is 0 Å². The van der Waals surface area contributed by atoms with Gasteiger partial charge in [-0.3, -0.25) is 4.90 Å². The zero-order chi connectivity index (χ0) is 9.10. The predicted molar refractivity (Wildman–Crippen MR) is 56.2 cm³/mol. The number of hydrogen-bond acceptors (Lipinski definition) is 3. The molecule has 1 aliphatic rings. The first-order valence-electron chi connectivity index (χ1n) is 4.64. The first kappa shape index (κ1) is 8.91. The summed E-state index contributed by atoms with van der Waals surface area (Å²) in [7, 11) is 0. The maximum Gasteiger partial charge on any atom is 0.0797 e. The minimum Gasteiger partial charge on any atom is -0.299 e. The van der Waals surface area contributed by atoms with Gasteiger partial charge in [0.15, 0.2) is 0 Å². The van der Waals surface area contributed by atoms with Crippen LogP contribution in [-0.2, 0) is 12.8 Å². The van der Waals surface area contributed by atoms with E-state index >= 15 is 0 Å². The number of rotatable bonds is 2. The van der Waals surface area contributed by atoms with Crippen LogP contribution in [-0.4, -0.2) is 29.5 Å². The molecule has 0 fully saturated rings. The van der Waals surface area contributed by atoms with E-state index in [1.165, 1.54) is 10.6 Å². The molecule has 0 spiro atoms. The first-order chi connectivity index (χ1) is 6.40. The Bertz CT molecular complexity index is 270. The van der Waals surface area contributed by atoms with E-state index in [0.29, 0.717) is 0 Å². The highest BCUT2D eigenvalue weighted by molar-refractivity contribution is 7.09. The normalized spacial score (nSPS) is 17.8. The lowest BCUT2D eigenvalue weighted by Crippen LogP contribution is -2.26. The number of thiazole rings is 1. The van der Waals surface area contributed by atoms with E-state index in [0.717, 1.165) is 32.5 Å². The molecule has 1 aromatic heterocycles. The van der Waals surface area contributed by atoms with Crippen LogP contribution in [0.3, 0.4) is 0 Å². The lowest BCUT2D eigenvalue weighted by atomic mass is 10.2. The fourth-order valence-electron chi connectivity index (χ4n) is 1.70. The Labute approximate surface area is 82.9 Å². The molecule has 0 N–H and O–H groups in total. The van der Waals surface area contributed by atoms with Gasteiger partial charge in [-0.05, 0) is 6.42 Å². The summed E-state index contributed by atoms with van der Waals surface area (Å²) < 4.78 is 0. The number of hydrogen-bond donors (Lipinski definition) is 0. The average molecular weight is 194 g/mol. The summed E-state index contributed by atoms with van der Waals surface area (Å²) in [6.07, 6.45) is 4.24. The summed E-state index contributed by atoms with van der Waals surface area (Å²) >= 11 is 1.80. The minimum absolute atomic E-state index is 1.01. The van der Waals surface area contributed by atoms with Gasteiger partial charge in [-0.15, -0.1) is 17.9 Å². The van der Waals surface area contributed by atoms with Gasteiger partial charge in [0.05, 0.1) is 11.2 Å². The third-order valence-electron chi connectivity index (χ3n) is 2.43. The van der Waals surface area contributed by atoms with Crippen LogP contribution in [0.25, 0.3) is 0 Å². The Hall–Kier alpha value is -0.670. The van der Waals surface area contributed by atoms with Crippen LogP contribution in [0.15, 0.2) is 18.2 Å². The van der Waals surface area contributed by atoms with Crippen molar-refractivity contribution in [2.45, 2.75) is 12.8 Å². The van der Waals surface area contributed by atoms with E-state index < -0.39 is 0 Å². The summed E-state index contributed by atoms with van der Waals surface area (Å²) in [5.74, 6) is 0. The van der Waals surface area contributed by atoms with Gasteiger partial charge >= 0.3 is 0 Å². The van der Waals surface area contributed by atoms with Crippen molar-refractivity contribution in [3.8, 4) is 0 Å². The van der Waals surface area contributed by atoms with Crippen molar-refractivity contribution in [3.63, 3.8) is 0 Å². The molecule has 13 heavy (non-hydrogen) atoms. The zero-order valence-corrected chi connectivity index (χ0v) is 8.52. The Kier molecular flexibility index (Phi) is 2.76. The molecular weight excluding hydrogens is 180 g/mol.